The maximum Gasteiger partial charge on any atom is 0.222 e. The number of halogens is 1. The van der Waals surface area contributed by atoms with Gasteiger partial charge in [0.1, 0.15) is 11.4 Å². The van der Waals surface area contributed by atoms with E-state index in [0.29, 0.717) is 42.4 Å². The number of rotatable bonds is 7. The van der Waals surface area contributed by atoms with Crippen LogP contribution in [0.25, 0.3) is 22.5 Å². The first-order valence-electron chi connectivity index (χ1n) is 8.55. The van der Waals surface area contributed by atoms with Crippen LogP contribution < -0.4 is 10.5 Å². The average molecular weight is 366 g/mol. The Kier molecular flexibility index (Phi) is 4.69. The molecule has 0 aliphatic rings. The van der Waals surface area contributed by atoms with Gasteiger partial charge in [-0.25, -0.2) is 9.67 Å². The quantitative estimate of drug-likeness (QED) is 0.504. The van der Waals surface area contributed by atoms with Crippen LogP contribution in [0.4, 0.5) is 10.3 Å². The third kappa shape index (κ3) is 3.59. The van der Waals surface area contributed by atoms with Crippen LogP contribution in [-0.2, 0) is 6.54 Å². The van der Waals surface area contributed by atoms with Crippen molar-refractivity contribution in [3.63, 3.8) is 0 Å². The van der Waals surface area contributed by atoms with E-state index < -0.39 is 6.67 Å². The van der Waals surface area contributed by atoms with E-state index in [4.69, 9.17) is 14.9 Å². The molecule has 138 valence electrons. The number of anilines is 1. The van der Waals surface area contributed by atoms with E-state index in [1.165, 1.54) is 0 Å². The second-order valence-electron chi connectivity index (χ2n) is 5.99. The van der Waals surface area contributed by atoms with Gasteiger partial charge in [0.2, 0.25) is 5.95 Å². The van der Waals surface area contributed by atoms with E-state index >= 15 is 0 Å². The second-order valence-corrected chi connectivity index (χ2v) is 5.99. The summed E-state index contributed by atoms with van der Waals surface area (Å²) in [7, 11) is 0. The predicted octanol–water partition coefficient (Wildman–Crippen LogP) is 3.46. The van der Waals surface area contributed by atoms with Crippen molar-refractivity contribution in [2.45, 2.75) is 13.0 Å². The minimum absolute atomic E-state index is 0.152. The summed E-state index contributed by atoms with van der Waals surface area (Å²) in [6, 6.07) is 11.2. The highest BCUT2D eigenvalue weighted by atomic mass is 18.2. The Balaban J connectivity index is 1.64. The summed E-state index contributed by atoms with van der Waals surface area (Å²) in [4.78, 5) is 8.63. The van der Waals surface area contributed by atoms with E-state index in [1.54, 1.807) is 23.2 Å². The van der Waals surface area contributed by atoms with Crippen LogP contribution in [0.15, 0.2) is 53.3 Å². The number of benzene rings is 1. The van der Waals surface area contributed by atoms with Gasteiger partial charge in [0.25, 0.3) is 0 Å². The third-order valence-corrected chi connectivity index (χ3v) is 4.05. The first-order chi connectivity index (χ1) is 13.2. The Morgan fingerprint density at radius 2 is 2.11 bits per heavy atom. The van der Waals surface area contributed by atoms with E-state index in [2.05, 4.69) is 15.1 Å². The lowest BCUT2D eigenvalue weighted by Gasteiger charge is -2.08. The molecule has 0 saturated heterocycles. The zero-order chi connectivity index (χ0) is 18.6. The van der Waals surface area contributed by atoms with Gasteiger partial charge in [-0.1, -0.05) is 12.1 Å². The summed E-state index contributed by atoms with van der Waals surface area (Å²) in [5.74, 6) is 1.46. The van der Waals surface area contributed by atoms with Gasteiger partial charge < -0.3 is 14.9 Å². The van der Waals surface area contributed by atoms with Crippen LogP contribution in [0.5, 0.6) is 5.75 Å². The zero-order valence-electron chi connectivity index (χ0n) is 14.5. The number of nitrogens with two attached hydrogens (primary N) is 1. The number of hydrogen-bond donors (Lipinski definition) is 1. The molecule has 1 aromatic carbocycles. The van der Waals surface area contributed by atoms with E-state index in [0.717, 1.165) is 10.9 Å². The van der Waals surface area contributed by atoms with Crippen molar-refractivity contribution in [1.82, 2.24) is 19.7 Å². The van der Waals surface area contributed by atoms with Crippen LogP contribution in [-0.4, -0.2) is 33.0 Å². The zero-order valence-corrected chi connectivity index (χ0v) is 14.5. The largest absolute Gasteiger partial charge is 0.493 e. The summed E-state index contributed by atoms with van der Waals surface area (Å²) in [5.41, 5.74) is 8.10. The molecule has 0 bridgehead atoms. The Morgan fingerprint density at radius 3 is 2.93 bits per heavy atom. The molecule has 0 unspecified atom stereocenters. The Morgan fingerprint density at radius 1 is 1.19 bits per heavy atom. The molecule has 3 heterocycles. The van der Waals surface area contributed by atoms with Gasteiger partial charge in [0.05, 0.1) is 37.7 Å². The highest BCUT2D eigenvalue weighted by Crippen LogP contribution is 2.27. The average Bonchev–Trinajstić information content (AvgIpc) is 3.33. The molecular formula is C19H18FN5O2. The monoisotopic (exact) mass is 366 g/mol. The van der Waals surface area contributed by atoms with Crippen molar-refractivity contribution in [3.8, 4) is 17.2 Å². The summed E-state index contributed by atoms with van der Waals surface area (Å²) in [5, 5.41) is 5.19. The molecule has 0 fully saturated rings. The van der Waals surface area contributed by atoms with Gasteiger partial charge >= 0.3 is 0 Å². The van der Waals surface area contributed by atoms with Gasteiger partial charge in [-0.2, -0.15) is 10.1 Å². The Hall–Kier alpha value is -3.42. The van der Waals surface area contributed by atoms with Gasteiger partial charge in [-0.3, -0.25) is 4.39 Å². The lowest BCUT2D eigenvalue weighted by molar-refractivity contribution is 0.289. The molecule has 7 nitrogen and oxygen atoms in total. The van der Waals surface area contributed by atoms with Crippen molar-refractivity contribution in [2.24, 2.45) is 0 Å². The summed E-state index contributed by atoms with van der Waals surface area (Å²) >= 11 is 0. The highest BCUT2D eigenvalue weighted by Gasteiger charge is 2.15. The number of hydrogen-bond acceptors (Lipinski definition) is 6. The van der Waals surface area contributed by atoms with Gasteiger partial charge in [0, 0.05) is 6.42 Å². The SMILES string of the molecule is Nc1nc(-c2ccco2)c2cnn(Cc3cccc(OCCC[18F])c3)c2n1. The Bertz CT molecular complexity index is 1050. The normalized spacial score (nSPS) is 11.1. The first-order valence-corrected chi connectivity index (χ1v) is 8.55. The van der Waals surface area contributed by atoms with Crippen LogP contribution in [0, 0.1) is 0 Å². The molecule has 3 aromatic heterocycles. The number of nitrogen functional groups attached to an aromatic ring is 1. The van der Waals surface area contributed by atoms with Crippen molar-refractivity contribution in [1.29, 1.82) is 0 Å². The van der Waals surface area contributed by atoms with Crippen LogP contribution >= 0.6 is 0 Å². The molecule has 4 aromatic rings. The first kappa shape index (κ1) is 17.0. The number of ether oxygens (including phenoxy) is 1. The maximum absolute atomic E-state index is 12.2. The van der Waals surface area contributed by atoms with Crippen LogP contribution in [0.3, 0.4) is 0 Å². The fourth-order valence-corrected chi connectivity index (χ4v) is 2.84. The molecule has 27 heavy (non-hydrogen) atoms. The molecular weight excluding hydrogens is 348 g/mol. The molecule has 0 saturated carbocycles. The lowest BCUT2D eigenvalue weighted by Crippen LogP contribution is -2.05. The molecule has 0 aliphatic carbocycles. The smallest absolute Gasteiger partial charge is 0.222 e. The molecule has 0 radical (unpaired) electrons. The Labute approximate surface area is 154 Å². The minimum Gasteiger partial charge on any atom is -0.493 e. The van der Waals surface area contributed by atoms with Crippen molar-refractivity contribution >= 4 is 17.0 Å². The molecule has 2 N–H and O–H groups in total. The number of aromatic nitrogens is 4. The summed E-state index contributed by atoms with van der Waals surface area (Å²) in [6.45, 7) is 0.441. The van der Waals surface area contributed by atoms with E-state index in [1.807, 2.05) is 30.3 Å². The number of furan rings is 1. The lowest BCUT2D eigenvalue weighted by atomic mass is 10.2. The maximum atomic E-state index is 12.2. The fraction of sp³-hybridized carbons (Fsp3) is 0.211. The van der Waals surface area contributed by atoms with Crippen molar-refractivity contribution in [3.05, 3.63) is 54.4 Å². The van der Waals surface area contributed by atoms with Crippen molar-refractivity contribution < 1.29 is 13.5 Å². The molecule has 0 amide bonds. The van der Waals surface area contributed by atoms with Crippen LogP contribution in [0.2, 0.25) is 0 Å². The van der Waals surface area contributed by atoms with Crippen molar-refractivity contribution in [2.75, 3.05) is 19.0 Å². The standard InChI is InChI=1S/C19H18FN5O2/c20-7-3-9-26-14-5-1-4-13(10-14)12-25-18-15(11-22-25)17(23-19(21)24-18)16-6-2-8-27-16/h1-2,4-6,8,10-11H,3,7,9,12H2,(H2,21,23,24)/i20-1. The molecule has 0 aliphatic heterocycles. The second kappa shape index (κ2) is 7.45. The molecule has 0 spiro atoms. The summed E-state index contributed by atoms with van der Waals surface area (Å²) in [6.07, 6.45) is 3.66. The van der Waals surface area contributed by atoms with Crippen LogP contribution in [0.1, 0.15) is 12.0 Å². The van der Waals surface area contributed by atoms with Gasteiger partial charge in [0.15, 0.2) is 11.4 Å². The number of alkyl halides is 1. The molecule has 8 heteroatoms. The van der Waals surface area contributed by atoms with Gasteiger partial charge in [-0.15, -0.1) is 0 Å². The van der Waals surface area contributed by atoms with Gasteiger partial charge in [-0.05, 0) is 29.8 Å². The topological polar surface area (TPSA) is 92.0 Å². The minimum atomic E-state index is -0.391. The highest BCUT2D eigenvalue weighted by molar-refractivity contribution is 5.89. The molecule has 4 rings (SSSR count). The number of fused-ring (bicyclic) bond motifs is 1. The third-order valence-electron chi connectivity index (χ3n) is 4.05. The predicted molar refractivity (Wildman–Crippen MR) is 99.1 cm³/mol. The summed E-state index contributed by atoms with van der Waals surface area (Å²) < 4.78 is 25.0. The number of nitrogens with zero attached hydrogens (tertiary/aromatic N) is 4. The fourth-order valence-electron chi connectivity index (χ4n) is 2.84. The van der Waals surface area contributed by atoms with E-state index in [9.17, 15) is 4.39 Å². The molecule has 0 atom stereocenters. The van der Waals surface area contributed by atoms with E-state index in [-0.39, 0.29) is 5.95 Å².